The van der Waals surface area contributed by atoms with E-state index in [2.05, 4.69) is 64.7 Å². The average Bonchev–Trinajstić information content (AvgIpc) is 3.20. The minimum atomic E-state index is -0.000552. The zero-order chi connectivity index (χ0) is 19.6. The fourth-order valence-corrected chi connectivity index (χ4v) is 3.16. The van der Waals surface area contributed by atoms with Gasteiger partial charge in [-0.25, -0.2) is 4.99 Å². The summed E-state index contributed by atoms with van der Waals surface area (Å²) in [4.78, 5) is 20.5. The smallest absolute Gasteiger partial charge is 0.243 e. The van der Waals surface area contributed by atoms with Crippen LogP contribution in [0.1, 0.15) is 44.7 Å². The zero-order valence-corrected chi connectivity index (χ0v) is 17.2. The molecule has 1 aromatic rings. The number of likely N-dealkylation sites (tertiary alicyclic amines) is 1. The predicted octanol–water partition coefficient (Wildman–Crippen LogP) is 2.25. The molecule has 2 N–H and O–H groups in total. The second kappa shape index (κ2) is 10.9. The van der Waals surface area contributed by atoms with E-state index in [-0.39, 0.29) is 12.5 Å². The van der Waals surface area contributed by atoms with Gasteiger partial charge in [-0.05, 0) is 44.8 Å². The Labute approximate surface area is 164 Å². The van der Waals surface area contributed by atoms with Gasteiger partial charge in [-0.2, -0.15) is 0 Å². The molecule has 6 heteroatoms. The van der Waals surface area contributed by atoms with Crippen LogP contribution in [0.15, 0.2) is 35.3 Å². The highest BCUT2D eigenvalue weighted by atomic mass is 16.2. The average molecular weight is 374 g/mol. The van der Waals surface area contributed by atoms with Gasteiger partial charge in [0.15, 0.2) is 5.96 Å². The van der Waals surface area contributed by atoms with Gasteiger partial charge in [-0.3, -0.25) is 9.69 Å². The molecule has 2 rings (SSSR count). The van der Waals surface area contributed by atoms with E-state index in [0.29, 0.717) is 18.0 Å². The minimum Gasteiger partial charge on any atom is -0.354 e. The molecule has 2 unspecified atom stereocenters. The van der Waals surface area contributed by atoms with Gasteiger partial charge in [0.25, 0.3) is 0 Å². The van der Waals surface area contributed by atoms with Crippen LogP contribution in [0.25, 0.3) is 0 Å². The summed E-state index contributed by atoms with van der Waals surface area (Å²) < 4.78 is 0. The molecule has 0 spiro atoms. The van der Waals surface area contributed by atoms with Crippen LogP contribution >= 0.6 is 0 Å². The van der Waals surface area contributed by atoms with E-state index in [9.17, 15) is 4.79 Å². The fourth-order valence-electron chi connectivity index (χ4n) is 3.16. The molecule has 0 aliphatic carbocycles. The molecule has 0 saturated carbocycles. The highest BCUT2D eigenvalue weighted by Crippen LogP contribution is 2.24. The van der Waals surface area contributed by atoms with Crippen LogP contribution < -0.4 is 10.6 Å². The second-order valence-corrected chi connectivity index (χ2v) is 7.46. The van der Waals surface area contributed by atoms with Gasteiger partial charge in [0.2, 0.25) is 5.91 Å². The Hall–Kier alpha value is -2.08. The van der Waals surface area contributed by atoms with E-state index in [0.717, 1.165) is 26.1 Å². The number of aliphatic imine (C=N–C) groups is 1. The highest BCUT2D eigenvalue weighted by Gasteiger charge is 2.23. The van der Waals surface area contributed by atoms with Crippen LogP contribution in [-0.2, 0) is 4.79 Å². The summed E-state index contributed by atoms with van der Waals surface area (Å²) in [7, 11) is 3.51. The van der Waals surface area contributed by atoms with E-state index in [1.54, 1.807) is 19.0 Å². The van der Waals surface area contributed by atoms with Crippen LogP contribution in [0.4, 0.5) is 0 Å². The number of amides is 1. The zero-order valence-electron chi connectivity index (χ0n) is 17.2. The Morgan fingerprint density at radius 3 is 2.48 bits per heavy atom. The Morgan fingerprint density at radius 1 is 1.22 bits per heavy atom. The lowest BCUT2D eigenvalue weighted by Crippen LogP contribution is -2.46. The summed E-state index contributed by atoms with van der Waals surface area (Å²) in [6.07, 6.45) is 3.51. The molecule has 0 radical (unpaired) electrons. The van der Waals surface area contributed by atoms with Crippen molar-refractivity contribution in [1.29, 1.82) is 0 Å². The van der Waals surface area contributed by atoms with Gasteiger partial charge < -0.3 is 15.5 Å². The maximum Gasteiger partial charge on any atom is 0.243 e. The van der Waals surface area contributed by atoms with Crippen molar-refractivity contribution in [1.82, 2.24) is 20.4 Å². The van der Waals surface area contributed by atoms with Gasteiger partial charge in [0.1, 0.15) is 6.54 Å². The lowest BCUT2D eigenvalue weighted by Gasteiger charge is -2.29. The molecule has 1 aromatic carbocycles. The number of nitrogens with one attached hydrogen (secondary N) is 2. The summed E-state index contributed by atoms with van der Waals surface area (Å²) in [6, 6.07) is 11.2. The van der Waals surface area contributed by atoms with Crippen LogP contribution in [0.5, 0.6) is 0 Å². The van der Waals surface area contributed by atoms with Gasteiger partial charge in [-0.1, -0.05) is 37.3 Å². The SMILES string of the molecule is CCC(C)NC(=NCC(=O)N(C)C)NCC(c1ccccc1)N1CCCC1. The maximum absolute atomic E-state index is 11.9. The second-order valence-electron chi connectivity index (χ2n) is 7.46. The third kappa shape index (κ3) is 6.86. The third-order valence-electron chi connectivity index (χ3n) is 5.10. The maximum atomic E-state index is 11.9. The van der Waals surface area contributed by atoms with Crippen molar-refractivity contribution >= 4 is 11.9 Å². The third-order valence-corrected chi connectivity index (χ3v) is 5.10. The summed E-state index contributed by atoms with van der Waals surface area (Å²) in [5, 5.41) is 6.89. The molecule has 1 amide bonds. The van der Waals surface area contributed by atoms with Gasteiger partial charge in [0.05, 0.1) is 6.04 Å². The molecule has 0 aromatic heterocycles. The largest absolute Gasteiger partial charge is 0.354 e. The number of nitrogens with zero attached hydrogens (tertiary/aromatic N) is 3. The number of carbonyl (C=O) groups excluding carboxylic acids is 1. The molecular weight excluding hydrogens is 338 g/mol. The molecule has 150 valence electrons. The van der Waals surface area contributed by atoms with E-state index < -0.39 is 0 Å². The number of likely N-dealkylation sites (N-methyl/N-ethyl adjacent to an activating group) is 1. The topological polar surface area (TPSA) is 60.0 Å². The molecule has 1 fully saturated rings. The summed E-state index contributed by atoms with van der Waals surface area (Å²) in [6.45, 7) is 7.44. The van der Waals surface area contributed by atoms with Gasteiger partial charge in [0, 0.05) is 26.7 Å². The number of carbonyl (C=O) groups is 1. The lowest BCUT2D eigenvalue weighted by atomic mass is 10.1. The first-order chi connectivity index (χ1) is 13.0. The van der Waals surface area contributed by atoms with Crippen molar-refractivity contribution in [2.75, 3.05) is 40.3 Å². The van der Waals surface area contributed by atoms with Crippen molar-refractivity contribution in [3.63, 3.8) is 0 Å². The normalized spacial score (nSPS) is 17.4. The Morgan fingerprint density at radius 2 is 1.89 bits per heavy atom. The summed E-state index contributed by atoms with van der Waals surface area (Å²) in [5.41, 5.74) is 1.32. The number of rotatable bonds is 8. The van der Waals surface area contributed by atoms with Gasteiger partial charge >= 0.3 is 0 Å². The van der Waals surface area contributed by atoms with E-state index in [1.165, 1.54) is 18.4 Å². The molecule has 0 bridgehead atoms. The first-order valence-electron chi connectivity index (χ1n) is 10.0. The Balaban J connectivity index is 2.08. The Bertz CT molecular complexity index is 596. The molecule has 1 saturated heterocycles. The monoisotopic (exact) mass is 373 g/mol. The number of guanidine groups is 1. The van der Waals surface area contributed by atoms with Crippen LogP contribution in [0, 0.1) is 0 Å². The van der Waals surface area contributed by atoms with Crippen molar-refractivity contribution in [3.05, 3.63) is 35.9 Å². The van der Waals surface area contributed by atoms with Crippen molar-refractivity contribution in [2.24, 2.45) is 4.99 Å². The van der Waals surface area contributed by atoms with Crippen LogP contribution in [0.3, 0.4) is 0 Å². The first kappa shape index (κ1) is 21.2. The highest BCUT2D eigenvalue weighted by molar-refractivity contribution is 5.84. The molecule has 1 aliphatic rings. The number of hydrogen-bond donors (Lipinski definition) is 2. The van der Waals surface area contributed by atoms with Crippen LogP contribution in [0.2, 0.25) is 0 Å². The van der Waals surface area contributed by atoms with E-state index in [1.807, 2.05) is 0 Å². The molecule has 6 nitrogen and oxygen atoms in total. The number of benzene rings is 1. The quantitative estimate of drug-likeness (QED) is 0.542. The molecule has 1 aliphatic heterocycles. The number of hydrogen-bond acceptors (Lipinski definition) is 3. The molecular formula is C21H35N5O. The van der Waals surface area contributed by atoms with Crippen LogP contribution in [-0.4, -0.2) is 68.0 Å². The predicted molar refractivity (Wildman–Crippen MR) is 112 cm³/mol. The minimum absolute atomic E-state index is 0.000552. The summed E-state index contributed by atoms with van der Waals surface area (Å²) >= 11 is 0. The molecule has 2 atom stereocenters. The fraction of sp³-hybridized carbons (Fsp3) is 0.619. The van der Waals surface area contributed by atoms with Gasteiger partial charge in [-0.15, -0.1) is 0 Å². The lowest BCUT2D eigenvalue weighted by molar-refractivity contribution is -0.127. The van der Waals surface area contributed by atoms with Crippen molar-refractivity contribution in [3.8, 4) is 0 Å². The molecule has 27 heavy (non-hydrogen) atoms. The Kier molecular flexibility index (Phi) is 8.58. The standard InChI is InChI=1S/C21H35N5O/c1-5-17(2)24-21(23-16-20(27)25(3)4)22-15-19(26-13-9-10-14-26)18-11-7-6-8-12-18/h6-8,11-12,17,19H,5,9-10,13-16H2,1-4H3,(H2,22,23,24). The molecule has 1 heterocycles. The van der Waals surface area contributed by atoms with Crippen molar-refractivity contribution < 1.29 is 4.79 Å². The van der Waals surface area contributed by atoms with E-state index >= 15 is 0 Å². The van der Waals surface area contributed by atoms with E-state index in [4.69, 9.17) is 0 Å². The summed E-state index contributed by atoms with van der Waals surface area (Å²) in [5.74, 6) is 0.707. The first-order valence-corrected chi connectivity index (χ1v) is 10.0. The van der Waals surface area contributed by atoms with Crippen molar-refractivity contribution in [2.45, 2.75) is 45.2 Å².